The lowest BCUT2D eigenvalue weighted by molar-refractivity contribution is -0.128. The molecule has 0 N–H and O–H groups in total. The van der Waals surface area contributed by atoms with Crippen LogP contribution in [-0.4, -0.2) is 46.5 Å². The summed E-state index contributed by atoms with van der Waals surface area (Å²) >= 11 is 0. The highest BCUT2D eigenvalue weighted by Gasteiger charge is 2.64. The molecule has 2 atom stereocenters. The minimum absolute atomic E-state index is 0.0248. The van der Waals surface area contributed by atoms with Crippen LogP contribution in [0.5, 0.6) is 0 Å². The fraction of sp³-hybridized carbons (Fsp3) is 0.909. The van der Waals surface area contributed by atoms with Crippen LogP contribution in [0.3, 0.4) is 0 Å². The van der Waals surface area contributed by atoms with E-state index >= 15 is 0 Å². The van der Waals surface area contributed by atoms with Gasteiger partial charge in [0.2, 0.25) is 0 Å². The molecule has 7 heteroatoms. The first-order valence-corrected chi connectivity index (χ1v) is 13.9. The minimum atomic E-state index is -4.33. The summed E-state index contributed by atoms with van der Waals surface area (Å²) in [6.45, 7) is 14.9. The van der Waals surface area contributed by atoms with Gasteiger partial charge in [-0.1, -0.05) is 27.2 Å². The molecule has 0 aliphatic heterocycles. The Kier molecular flexibility index (Phi) is 9.44. The molecule has 2 aliphatic carbocycles. The molecule has 5 nitrogen and oxygen atoms in total. The van der Waals surface area contributed by atoms with Crippen LogP contribution in [0.2, 0.25) is 0 Å². The van der Waals surface area contributed by atoms with Crippen molar-refractivity contribution in [2.45, 2.75) is 97.5 Å². The van der Waals surface area contributed by atoms with Crippen LogP contribution in [0.1, 0.15) is 87.0 Å². The highest BCUT2D eigenvalue weighted by Crippen LogP contribution is 2.64. The minimum Gasteiger partial charge on any atom is -0.748 e. The third-order valence-corrected chi connectivity index (χ3v) is 10.8. The van der Waals surface area contributed by atoms with Crippen molar-refractivity contribution in [1.29, 1.82) is 0 Å². The Morgan fingerprint density at radius 1 is 1.21 bits per heavy atom. The van der Waals surface area contributed by atoms with E-state index in [1.165, 1.54) is 0 Å². The van der Waals surface area contributed by atoms with E-state index in [2.05, 4.69) is 34.6 Å². The molecule has 170 valence electrons. The Balaban J connectivity index is 0.000000291. The molecular formula is C22H40O5S2. The predicted octanol–water partition coefficient (Wildman–Crippen LogP) is 4.11. The molecule has 2 bridgehead atoms. The number of carbonyl (C=O) groups is 2. The van der Waals surface area contributed by atoms with Gasteiger partial charge in [-0.2, -0.15) is 0 Å². The third kappa shape index (κ3) is 6.54. The normalized spacial score (nSPS) is 25.6. The summed E-state index contributed by atoms with van der Waals surface area (Å²) in [6.07, 6.45) is 4.86. The lowest BCUT2D eigenvalue weighted by atomic mass is 9.70. The van der Waals surface area contributed by atoms with Crippen LogP contribution in [0.4, 0.5) is 0 Å². The van der Waals surface area contributed by atoms with Crippen LogP contribution >= 0.6 is 0 Å². The largest absolute Gasteiger partial charge is 0.748 e. The lowest BCUT2D eigenvalue weighted by Crippen LogP contribution is -2.42. The Bertz CT molecular complexity index is 673. The second kappa shape index (κ2) is 10.3. The maximum absolute atomic E-state index is 11.8. The molecule has 0 heterocycles. The molecule has 0 saturated heterocycles. The van der Waals surface area contributed by atoms with Crippen LogP contribution in [0, 0.1) is 16.7 Å². The predicted molar refractivity (Wildman–Crippen MR) is 120 cm³/mol. The SMILES string of the molecule is CC1(C)C2CCC1(CS(=O)(=O)[O-])C(=O)C2.CCCCC(=O)C[S+](C(C)C)C(C)C. The van der Waals surface area contributed by atoms with Gasteiger partial charge in [0.05, 0.1) is 15.9 Å². The second-order valence-electron chi connectivity index (χ2n) is 9.72. The summed E-state index contributed by atoms with van der Waals surface area (Å²) in [5.41, 5.74) is -1.22. The number of fused-ring (bicyclic) bond motifs is 2. The fourth-order valence-corrected chi connectivity index (χ4v) is 8.47. The molecule has 2 fully saturated rings. The highest BCUT2D eigenvalue weighted by atomic mass is 32.2. The van der Waals surface area contributed by atoms with Crippen molar-refractivity contribution >= 4 is 32.6 Å². The molecule has 2 rings (SSSR count). The molecule has 2 unspecified atom stereocenters. The van der Waals surface area contributed by atoms with E-state index in [0.717, 1.165) is 31.4 Å². The molecular weight excluding hydrogens is 408 g/mol. The number of unbranched alkanes of at least 4 members (excludes halogenated alkanes) is 1. The summed E-state index contributed by atoms with van der Waals surface area (Å²) in [7, 11) is -4.04. The van der Waals surface area contributed by atoms with Crippen molar-refractivity contribution in [2.75, 3.05) is 11.5 Å². The Morgan fingerprint density at radius 2 is 1.76 bits per heavy atom. The van der Waals surface area contributed by atoms with Crippen LogP contribution < -0.4 is 0 Å². The first kappa shape index (κ1) is 26.6. The average molecular weight is 449 g/mol. The van der Waals surface area contributed by atoms with Gasteiger partial charge in [0, 0.05) is 18.3 Å². The number of hydrogen-bond acceptors (Lipinski definition) is 5. The van der Waals surface area contributed by atoms with Crippen molar-refractivity contribution in [3.8, 4) is 0 Å². The Labute approximate surface area is 180 Å². The smallest absolute Gasteiger partial charge is 0.181 e. The molecule has 0 amide bonds. The third-order valence-electron chi connectivity index (χ3n) is 6.91. The van der Waals surface area contributed by atoms with E-state index in [4.69, 9.17) is 0 Å². The topological polar surface area (TPSA) is 91.3 Å². The van der Waals surface area contributed by atoms with Gasteiger partial charge in [-0.15, -0.1) is 0 Å². The lowest BCUT2D eigenvalue weighted by Gasteiger charge is -2.37. The number of Topliss-reactive ketones (excluding diaryl/α,β-unsaturated/α-hetero) is 2. The van der Waals surface area contributed by atoms with Crippen molar-refractivity contribution in [3.05, 3.63) is 0 Å². The zero-order valence-corrected chi connectivity index (χ0v) is 20.9. The second-order valence-corrected chi connectivity index (χ2v) is 14.2. The highest BCUT2D eigenvalue weighted by molar-refractivity contribution is 7.98. The average Bonchev–Trinajstić information content (AvgIpc) is 2.90. The van der Waals surface area contributed by atoms with Gasteiger partial charge in [-0.05, 0) is 69.2 Å². The summed E-state index contributed by atoms with van der Waals surface area (Å²) in [6, 6.07) is 0. The van der Waals surface area contributed by atoms with Crippen LogP contribution in [0.15, 0.2) is 0 Å². The monoisotopic (exact) mass is 448 g/mol. The fourth-order valence-electron chi connectivity index (χ4n) is 4.92. The summed E-state index contributed by atoms with van der Waals surface area (Å²) in [5, 5.41) is 1.31. The van der Waals surface area contributed by atoms with Gasteiger partial charge in [-0.25, -0.2) is 8.42 Å². The van der Waals surface area contributed by atoms with Crippen molar-refractivity contribution in [1.82, 2.24) is 0 Å². The van der Waals surface area contributed by atoms with Gasteiger partial charge in [0.25, 0.3) is 0 Å². The van der Waals surface area contributed by atoms with E-state index in [9.17, 15) is 22.6 Å². The van der Waals surface area contributed by atoms with E-state index < -0.39 is 21.3 Å². The molecule has 2 saturated carbocycles. The molecule has 0 spiro atoms. The standard InChI is InChI=1S/C12H25OS.C10H16O4S/c1-6-7-8-12(13)9-14(10(2)3)11(4)5;1-9(2)7-3-4-10(9,8(11)5-7)6-15(12,13)14/h10-11H,6-9H2,1-5H3;7H,3-6H2,1-2H3,(H,12,13,14)/q+1;/p-1. The van der Waals surface area contributed by atoms with E-state index in [1.807, 2.05) is 13.8 Å². The van der Waals surface area contributed by atoms with Crippen molar-refractivity contribution < 1.29 is 22.6 Å². The van der Waals surface area contributed by atoms with Crippen molar-refractivity contribution in [2.24, 2.45) is 16.7 Å². The summed E-state index contributed by atoms with van der Waals surface area (Å²) in [5.74, 6) is 1.00. The Hall–Kier alpha value is -0.400. The number of carbonyl (C=O) groups excluding carboxylic acids is 2. The maximum atomic E-state index is 11.8. The van der Waals surface area contributed by atoms with Crippen molar-refractivity contribution in [3.63, 3.8) is 0 Å². The van der Waals surface area contributed by atoms with Gasteiger partial charge in [0.1, 0.15) is 16.3 Å². The quantitative estimate of drug-likeness (QED) is 0.391. The zero-order chi connectivity index (χ0) is 22.6. The summed E-state index contributed by atoms with van der Waals surface area (Å²) < 4.78 is 32.7. The van der Waals surface area contributed by atoms with Gasteiger partial charge in [-0.3, -0.25) is 9.59 Å². The molecule has 0 aromatic heterocycles. The summed E-state index contributed by atoms with van der Waals surface area (Å²) in [4.78, 5) is 23.5. The van der Waals surface area contributed by atoms with Gasteiger partial charge >= 0.3 is 0 Å². The maximum Gasteiger partial charge on any atom is 0.181 e. The molecule has 0 radical (unpaired) electrons. The van der Waals surface area contributed by atoms with Crippen LogP contribution in [-0.2, 0) is 30.6 Å². The molecule has 2 aliphatic rings. The van der Waals surface area contributed by atoms with E-state index in [1.54, 1.807) is 0 Å². The molecule has 29 heavy (non-hydrogen) atoms. The Morgan fingerprint density at radius 3 is 2.10 bits per heavy atom. The van der Waals surface area contributed by atoms with Gasteiger partial charge in [0.15, 0.2) is 11.5 Å². The van der Waals surface area contributed by atoms with E-state index in [0.29, 0.717) is 29.1 Å². The molecule has 0 aromatic carbocycles. The first-order valence-electron chi connectivity index (χ1n) is 10.8. The van der Waals surface area contributed by atoms with E-state index in [-0.39, 0.29) is 28.0 Å². The zero-order valence-electron chi connectivity index (χ0n) is 19.2. The number of hydrogen-bond donors (Lipinski definition) is 0. The number of ketones is 2. The first-order chi connectivity index (χ1) is 13.2. The van der Waals surface area contributed by atoms with Gasteiger partial charge < -0.3 is 4.55 Å². The molecule has 0 aromatic rings. The number of rotatable bonds is 9. The van der Waals surface area contributed by atoms with Crippen LogP contribution in [0.25, 0.3) is 0 Å².